The highest BCUT2D eigenvalue weighted by molar-refractivity contribution is 6.31. The van der Waals surface area contributed by atoms with E-state index >= 15 is 0 Å². The van der Waals surface area contributed by atoms with Gasteiger partial charge < -0.3 is 126 Å². The molecule has 4 aliphatic rings. The van der Waals surface area contributed by atoms with Gasteiger partial charge in [0.2, 0.25) is 11.8 Å². The quantitative estimate of drug-likeness (QED) is 0.0132. The fourth-order valence-corrected chi connectivity index (χ4v) is 13.7. The number of rotatable bonds is 51. The topological polar surface area (TPSA) is 566 Å². The van der Waals surface area contributed by atoms with Crippen molar-refractivity contribution in [3.63, 3.8) is 0 Å². The summed E-state index contributed by atoms with van der Waals surface area (Å²) in [6.07, 6.45) is -1.77. The zero-order valence-corrected chi connectivity index (χ0v) is 65.6. The van der Waals surface area contributed by atoms with Gasteiger partial charge in [-0.1, -0.05) is 51.5 Å². The van der Waals surface area contributed by atoms with E-state index in [0.717, 1.165) is 19.3 Å². The summed E-state index contributed by atoms with van der Waals surface area (Å²) in [5.41, 5.74) is 8.18. The molecule has 4 saturated heterocycles. The summed E-state index contributed by atoms with van der Waals surface area (Å²) in [5, 5.41) is 151. The second-order valence-electron chi connectivity index (χ2n) is 30.5. The number of aromatic nitrogens is 6. The van der Waals surface area contributed by atoms with E-state index < -0.39 is 172 Å². The number of unbranched alkanes of at least 4 members (excludes halogenated alkanes) is 9. The van der Waals surface area contributed by atoms with Crippen molar-refractivity contribution in [3.05, 3.63) is 35.7 Å². The number of hydrazine groups is 1. The lowest BCUT2D eigenvalue weighted by atomic mass is 9.83. The number of amides is 2. The molecule has 636 valence electrons. The molecule has 111 heavy (non-hydrogen) atoms. The van der Waals surface area contributed by atoms with E-state index in [1.165, 1.54) is 18.9 Å². The van der Waals surface area contributed by atoms with Gasteiger partial charge in [-0.05, 0) is 96.4 Å². The van der Waals surface area contributed by atoms with Crippen molar-refractivity contribution in [1.29, 1.82) is 0 Å². The first-order valence-electron chi connectivity index (χ1n) is 39.1. The number of aryl methyl sites for hydroxylation is 2. The van der Waals surface area contributed by atoms with Gasteiger partial charge in [0, 0.05) is 140 Å². The first-order chi connectivity index (χ1) is 53.0. The lowest BCUT2D eigenvalue weighted by Gasteiger charge is -2.42. The van der Waals surface area contributed by atoms with Crippen LogP contribution in [0.1, 0.15) is 156 Å². The standard InChI is InChI=1S/C72H130N16O23/c1-44-59(95)61(97)53(40-89)108-68(44)104-28-18-8-13-23-76-32-49(79-74)37-85(33-48(73)34-86(75)25-14-9-19-30-106-70-57(77-46(3)93)65(101)63(99)55(42-91)110-70)52(67(103)72(5,6)7)22-12-17-24-84(35-50-38-87(82-80-50)26-15-10-20-29-105-69-45(2)60(96)62(98)54(41-90)109-69)36-51-39-88(83-81-51)27-16-11-21-31-107-71-58(78-47(4)94)66(102)64(100)56(43-92)111-71/h32,34,38-39,44-45,52-66,68-71,89-92,95-102H,8-31,33,35-37,40-43,73-75H2,1-7H3,(H,77,93)(H,78,94)/b48-34-,76-32?,79-49?/t44-,45-,52?,53-,54-,55-,56-,57-,58-,59-,60-,61+,62+,63+,64+,65-,66-,68?,69-,70-,71-/m1/s1. The summed E-state index contributed by atoms with van der Waals surface area (Å²) >= 11 is 0. The van der Waals surface area contributed by atoms with E-state index in [2.05, 4.69) is 46.3 Å². The van der Waals surface area contributed by atoms with Crippen molar-refractivity contribution >= 4 is 29.5 Å². The van der Waals surface area contributed by atoms with E-state index in [0.29, 0.717) is 159 Å². The van der Waals surface area contributed by atoms with E-state index in [-0.39, 0.29) is 32.1 Å². The molecule has 21 atom stereocenters. The maximum absolute atomic E-state index is 14.9. The minimum atomic E-state index is -1.44. The van der Waals surface area contributed by atoms with E-state index in [9.17, 15) is 75.7 Å². The molecule has 2 amide bonds. The van der Waals surface area contributed by atoms with Crippen LogP contribution in [0.3, 0.4) is 0 Å². The second kappa shape index (κ2) is 48.7. The summed E-state index contributed by atoms with van der Waals surface area (Å²) < 4.78 is 50.0. The first-order valence-corrected chi connectivity index (χ1v) is 39.1. The van der Waals surface area contributed by atoms with Gasteiger partial charge in [0.1, 0.15) is 73.1 Å². The summed E-state index contributed by atoms with van der Waals surface area (Å²) in [6, 6.07) is -2.83. The van der Waals surface area contributed by atoms with E-state index in [4.69, 9.17) is 55.3 Å². The van der Waals surface area contributed by atoms with E-state index in [1.54, 1.807) is 35.6 Å². The van der Waals surface area contributed by atoms with Crippen LogP contribution in [-0.4, -0.2) is 338 Å². The number of hydrazone groups is 1. The van der Waals surface area contributed by atoms with Crippen LogP contribution in [0.4, 0.5) is 0 Å². The number of carbonyl (C=O) groups excluding carboxylic acids is 3. The zero-order chi connectivity index (χ0) is 81.3. The minimum absolute atomic E-state index is 0.0526. The molecule has 0 spiro atoms. The molecule has 2 aromatic heterocycles. The van der Waals surface area contributed by atoms with Crippen molar-refractivity contribution in [1.82, 2.24) is 55.4 Å². The largest absolute Gasteiger partial charge is 0.400 e. The first kappa shape index (κ1) is 94.3. The number of nitrogens with one attached hydrogen (secondary N) is 2. The summed E-state index contributed by atoms with van der Waals surface area (Å²) in [4.78, 5) is 47.6. The Morgan fingerprint density at radius 2 is 0.973 bits per heavy atom. The summed E-state index contributed by atoms with van der Waals surface area (Å²) in [5.74, 6) is 10.7. The minimum Gasteiger partial charge on any atom is -0.400 e. The number of aliphatic imine (C=N–C) groups is 1. The average Bonchev–Trinajstić information content (AvgIpc) is 1.77. The molecule has 4 aliphatic heterocycles. The number of nitrogens with zero attached hydrogens (tertiary/aromatic N) is 11. The van der Waals surface area contributed by atoms with Gasteiger partial charge in [-0.3, -0.25) is 38.5 Å². The number of hydrogen-bond donors (Lipinski definition) is 17. The molecule has 39 nitrogen and oxygen atoms in total. The molecule has 39 heteroatoms. The Kier molecular flexibility index (Phi) is 41.4. The van der Waals surface area contributed by atoms with Gasteiger partial charge in [-0.25, -0.2) is 5.84 Å². The number of ether oxygens (including phenoxy) is 8. The third kappa shape index (κ3) is 30.5. The lowest BCUT2D eigenvalue weighted by molar-refractivity contribution is -0.282. The van der Waals surface area contributed by atoms with Gasteiger partial charge in [0.05, 0.1) is 61.8 Å². The fourth-order valence-electron chi connectivity index (χ4n) is 13.7. The Bertz CT molecular complexity index is 3080. The number of hydrogen-bond acceptors (Lipinski definition) is 35. The Hall–Kier alpha value is -5.55. The lowest BCUT2D eigenvalue weighted by Crippen LogP contribution is -2.64. The van der Waals surface area contributed by atoms with Gasteiger partial charge in [-0.2, -0.15) is 5.10 Å². The predicted octanol–water partition coefficient (Wildman–Crippen LogP) is -3.53. The Balaban J connectivity index is 1.12. The molecule has 6 heterocycles. The van der Waals surface area contributed by atoms with Crippen LogP contribution in [0, 0.1) is 17.3 Å². The van der Waals surface area contributed by atoms with Crippen LogP contribution in [0.5, 0.6) is 0 Å². The SMILES string of the molecule is CC(=O)N[C@H]1[C@H](OCCCCCN(N)/C=C(\N)CN(CC(C=NCCCCCOC2O[C@H](CO)[C@H](O)[C@H](O)[C@H]2C)=NN)C(CCCCN(Cc2cn(CCCCCO[C@@H]3O[C@H](CO)[C@H](O)[C@H](O)[C@H]3C)nn2)Cc2cn(CCCCCO[C@@H]3O[C@H](CO)[C@H](O)[C@H](O)[C@H]3NC(C)=O)nn2)C(=O)C(C)(C)C)O[C@H](CO)[C@H](O)[C@@H]1O. The smallest absolute Gasteiger partial charge is 0.217 e. The van der Waals surface area contributed by atoms with Crippen molar-refractivity contribution in [2.24, 2.45) is 44.8 Å². The molecule has 2 unspecified atom stereocenters. The highest BCUT2D eigenvalue weighted by Crippen LogP contribution is 2.31. The highest BCUT2D eigenvalue weighted by Gasteiger charge is 2.48. The number of aliphatic hydroxyl groups excluding tert-OH is 12. The molecule has 0 aliphatic carbocycles. The van der Waals surface area contributed by atoms with Crippen molar-refractivity contribution in [3.8, 4) is 0 Å². The van der Waals surface area contributed by atoms with Gasteiger partial charge in [-0.15, -0.1) is 10.2 Å². The third-order valence-electron chi connectivity index (χ3n) is 20.2. The average molecular weight is 1590 g/mol. The Morgan fingerprint density at radius 3 is 1.40 bits per heavy atom. The number of nitrogens with two attached hydrogens (primary N) is 3. The number of ketones is 1. The predicted molar refractivity (Wildman–Crippen MR) is 400 cm³/mol. The molecule has 2 aromatic rings. The highest BCUT2D eigenvalue weighted by atomic mass is 16.7. The normalized spacial score (nSPS) is 29.4. The van der Waals surface area contributed by atoms with E-state index in [1.807, 2.05) is 38.1 Å². The third-order valence-corrected chi connectivity index (χ3v) is 20.2. The van der Waals surface area contributed by atoms with Crippen LogP contribution in [0.2, 0.25) is 0 Å². The number of aliphatic hydroxyl groups is 12. The molecule has 6 rings (SSSR count). The zero-order valence-electron chi connectivity index (χ0n) is 65.6. The molecule has 0 aromatic carbocycles. The second-order valence-corrected chi connectivity index (χ2v) is 30.5. The van der Waals surface area contributed by atoms with Crippen LogP contribution in [0.15, 0.2) is 34.4 Å². The summed E-state index contributed by atoms with van der Waals surface area (Å²) in [7, 11) is 0. The van der Waals surface area contributed by atoms with Gasteiger partial charge in [0.25, 0.3) is 0 Å². The van der Waals surface area contributed by atoms with Crippen LogP contribution >= 0.6 is 0 Å². The Labute approximate surface area is 649 Å². The number of Topliss-reactive ketones (excluding diaryl/α,β-unsaturated/α-hetero) is 1. The van der Waals surface area contributed by atoms with Crippen molar-refractivity contribution < 1.29 is 114 Å². The maximum atomic E-state index is 14.9. The Morgan fingerprint density at radius 1 is 0.568 bits per heavy atom. The van der Waals surface area contributed by atoms with Gasteiger partial charge in [0.15, 0.2) is 30.9 Å². The molecule has 0 bridgehead atoms. The molecule has 0 radical (unpaired) electrons. The molecule has 20 N–H and O–H groups in total. The molecular weight excluding hydrogens is 1460 g/mol. The van der Waals surface area contributed by atoms with Crippen LogP contribution in [0.25, 0.3) is 0 Å². The monoisotopic (exact) mass is 1590 g/mol. The van der Waals surface area contributed by atoms with Gasteiger partial charge >= 0.3 is 0 Å². The fraction of sp³-hybridized carbons (Fsp3) is 0.847. The van der Waals surface area contributed by atoms with Crippen LogP contribution in [-0.2, 0) is 78.5 Å². The van der Waals surface area contributed by atoms with Crippen molar-refractivity contribution in [2.45, 2.75) is 287 Å². The summed E-state index contributed by atoms with van der Waals surface area (Å²) in [6.45, 7) is 13.9. The molecular formula is C72H130N16O23. The van der Waals surface area contributed by atoms with Crippen LogP contribution < -0.4 is 28.1 Å². The number of carbonyl (C=O) groups is 3. The van der Waals surface area contributed by atoms with Crippen molar-refractivity contribution in [2.75, 3.05) is 85.6 Å². The molecule has 4 fully saturated rings. The molecule has 0 saturated carbocycles. The maximum Gasteiger partial charge on any atom is 0.217 e.